The van der Waals surface area contributed by atoms with Gasteiger partial charge < -0.3 is 10.6 Å². The lowest BCUT2D eigenvalue weighted by Crippen LogP contribution is -2.26. The highest BCUT2D eigenvalue weighted by Crippen LogP contribution is 2.17. The highest BCUT2D eigenvalue weighted by Gasteiger charge is 2.12. The van der Waals surface area contributed by atoms with E-state index < -0.39 is 0 Å². The molecule has 0 aromatic heterocycles. The van der Waals surface area contributed by atoms with Gasteiger partial charge in [0.2, 0.25) is 5.91 Å². The van der Waals surface area contributed by atoms with Crippen LogP contribution in [0.2, 0.25) is 0 Å². The van der Waals surface area contributed by atoms with Crippen LogP contribution in [0.3, 0.4) is 0 Å². The number of benzene rings is 1. The molecule has 0 saturated heterocycles. The number of nitrogens with zero attached hydrogens (tertiary/aromatic N) is 1. The van der Waals surface area contributed by atoms with E-state index in [0.717, 1.165) is 19.3 Å². The van der Waals surface area contributed by atoms with Gasteiger partial charge in [-0.1, -0.05) is 25.5 Å². The van der Waals surface area contributed by atoms with Gasteiger partial charge in [0.05, 0.1) is 0 Å². The van der Waals surface area contributed by atoms with Gasteiger partial charge in [-0.05, 0) is 49.3 Å². The Bertz CT molecular complexity index is 419. The van der Waals surface area contributed by atoms with Crippen LogP contribution < -0.4 is 5.73 Å². The van der Waals surface area contributed by atoms with E-state index in [1.807, 2.05) is 11.9 Å². The van der Waals surface area contributed by atoms with Crippen LogP contribution in [0.5, 0.6) is 0 Å². The highest BCUT2D eigenvalue weighted by atomic mass is 32.2. The van der Waals surface area contributed by atoms with Crippen molar-refractivity contribution in [3.63, 3.8) is 0 Å². The lowest BCUT2D eigenvalue weighted by molar-refractivity contribution is -0.130. The van der Waals surface area contributed by atoms with Crippen molar-refractivity contribution >= 4 is 17.7 Å². The first-order valence-electron chi connectivity index (χ1n) is 7.67. The fourth-order valence-corrected chi connectivity index (χ4v) is 2.81. The van der Waals surface area contributed by atoms with E-state index in [9.17, 15) is 4.79 Å². The maximum Gasteiger partial charge on any atom is 0.222 e. The number of hydrogen-bond acceptors (Lipinski definition) is 3. The Balaban J connectivity index is 2.42. The van der Waals surface area contributed by atoms with E-state index in [4.69, 9.17) is 5.73 Å². The van der Waals surface area contributed by atoms with E-state index in [1.54, 1.807) is 11.8 Å². The molecule has 1 atom stereocenters. The van der Waals surface area contributed by atoms with Crippen LogP contribution in [0.1, 0.15) is 38.2 Å². The zero-order chi connectivity index (χ0) is 15.7. The van der Waals surface area contributed by atoms with Gasteiger partial charge in [0, 0.05) is 24.9 Å². The molecule has 0 heterocycles. The van der Waals surface area contributed by atoms with Crippen LogP contribution >= 0.6 is 11.8 Å². The molecule has 1 aromatic rings. The van der Waals surface area contributed by atoms with Crippen molar-refractivity contribution in [1.29, 1.82) is 0 Å². The molecule has 3 nitrogen and oxygen atoms in total. The molecule has 0 saturated carbocycles. The van der Waals surface area contributed by atoms with Gasteiger partial charge in [0.25, 0.3) is 0 Å². The van der Waals surface area contributed by atoms with Crippen LogP contribution in [0.4, 0.5) is 0 Å². The Morgan fingerprint density at radius 3 is 2.48 bits per heavy atom. The fraction of sp³-hybridized carbons (Fsp3) is 0.588. The zero-order valence-electron chi connectivity index (χ0n) is 13.5. The van der Waals surface area contributed by atoms with E-state index in [0.29, 0.717) is 25.4 Å². The summed E-state index contributed by atoms with van der Waals surface area (Å²) in [5.41, 5.74) is 6.78. The molecule has 0 aliphatic carbocycles. The van der Waals surface area contributed by atoms with E-state index in [1.165, 1.54) is 10.5 Å². The Hall–Kier alpha value is -1.00. The molecule has 0 aliphatic rings. The van der Waals surface area contributed by atoms with E-state index >= 15 is 0 Å². The summed E-state index contributed by atoms with van der Waals surface area (Å²) in [7, 11) is 1.88. The summed E-state index contributed by atoms with van der Waals surface area (Å²) in [5, 5.41) is 0. The maximum atomic E-state index is 12.2. The summed E-state index contributed by atoms with van der Waals surface area (Å²) >= 11 is 1.73. The minimum Gasteiger partial charge on any atom is -0.341 e. The van der Waals surface area contributed by atoms with Crippen LogP contribution in [-0.4, -0.2) is 30.7 Å². The lowest BCUT2D eigenvalue weighted by Gasteiger charge is -2.19. The Labute approximate surface area is 133 Å². The molecule has 0 spiro atoms. The first-order chi connectivity index (χ1) is 10.1. The average molecular weight is 308 g/mol. The third-order valence-electron chi connectivity index (χ3n) is 3.92. The second-order valence-corrected chi connectivity index (χ2v) is 6.37. The van der Waals surface area contributed by atoms with E-state index in [-0.39, 0.29) is 5.91 Å². The Kier molecular flexibility index (Phi) is 8.47. The van der Waals surface area contributed by atoms with Crippen molar-refractivity contribution in [3.05, 3.63) is 29.8 Å². The number of amides is 1. The molecule has 118 valence electrons. The van der Waals surface area contributed by atoms with Gasteiger partial charge in [-0.15, -0.1) is 11.8 Å². The molecule has 4 heteroatoms. The first kappa shape index (κ1) is 18.1. The molecule has 0 fully saturated rings. The number of thioether (sulfide) groups is 1. The van der Waals surface area contributed by atoms with Gasteiger partial charge in [-0.3, -0.25) is 4.79 Å². The second-order valence-electron chi connectivity index (χ2n) is 5.49. The number of hydrogen-bond donors (Lipinski definition) is 1. The summed E-state index contributed by atoms with van der Waals surface area (Å²) in [6, 6.07) is 8.40. The third-order valence-corrected chi connectivity index (χ3v) is 4.67. The van der Waals surface area contributed by atoms with Crippen LogP contribution in [0, 0.1) is 5.92 Å². The van der Waals surface area contributed by atoms with E-state index in [2.05, 4.69) is 37.4 Å². The van der Waals surface area contributed by atoms with Gasteiger partial charge >= 0.3 is 0 Å². The molecule has 2 N–H and O–H groups in total. The molecule has 0 bridgehead atoms. The highest BCUT2D eigenvalue weighted by molar-refractivity contribution is 7.98. The minimum absolute atomic E-state index is 0.222. The standard InChI is InChI=1S/C17H28N2OS/c1-4-14(11-12-18)7-10-17(20)19(2)13-15-5-8-16(21-3)9-6-15/h5-6,8-9,14H,4,7,10-13,18H2,1-3H3. The number of carbonyl (C=O) groups is 1. The molecule has 0 aliphatic heterocycles. The minimum atomic E-state index is 0.222. The zero-order valence-corrected chi connectivity index (χ0v) is 14.3. The predicted octanol–water partition coefficient (Wildman–Crippen LogP) is 3.52. The average Bonchev–Trinajstić information content (AvgIpc) is 2.51. The van der Waals surface area contributed by atoms with Gasteiger partial charge in [-0.25, -0.2) is 0 Å². The normalized spacial score (nSPS) is 12.2. The second kappa shape index (κ2) is 9.85. The summed E-state index contributed by atoms with van der Waals surface area (Å²) in [4.78, 5) is 15.3. The topological polar surface area (TPSA) is 46.3 Å². The molecule has 1 unspecified atom stereocenters. The third kappa shape index (κ3) is 6.53. The van der Waals surface area contributed by atoms with Crippen molar-refractivity contribution in [3.8, 4) is 0 Å². The largest absolute Gasteiger partial charge is 0.341 e. The molecular weight excluding hydrogens is 280 g/mol. The van der Waals surface area contributed by atoms with Crippen LogP contribution in [0.25, 0.3) is 0 Å². The van der Waals surface area contributed by atoms with Crippen molar-refractivity contribution < 1.29 is 4.79 Å². The van der Waals surface area contributed by atoms with Crippen molar-refractivity contribution in [2.45, 2.75) is 44.0 Å². The van der Waals surface area contributed by atoms with Gasteiger partial charge in [0.1, 0.15) is 0 Å². The Morgan fingerprint density at radius 2 is 1.95 bits per heavy atom. The molecule has 1 amide bonds. The predicted molar refractivity (Wildman–Crippen MR) is 91.4 cm³/mol. The van der Waals surface area contributed by atoms with Crippen LogP contribution in [0.15, 0.2) is 29.2 Å². The summed E-state index contributed by atoms with van der Waals surface area (Å²) in [6.45, 7) is 3.56. The maximum absolute atomic E-state index is 12.2. The quantitative estimate of drug-likeness (QED) is 0.710. The molecule has 0 radical (unpaired) electrons. The van der Waals surface area contributed by atoms with Gasteiger partial charge in [0.15, 0.2) is 0 Å². The van der Waals surface area contributed by atoms with Crippen molar-refractivity contribution in [1.82, 2.24) is 4.90 Å². The summed E-state index contributed by atoms with van der Waals surface area (Å²) in [6.07, 6.45) is 5.75. The van der Waals surface area contributed by atoms with Crippen LogP contribution in [-0.2, 0) is 11.3 Å². The first-order valence-corrected chi connectivity index (χ1v) is 8.90. The van der Waals surface area contributed by atoms with Gasteiger partial charge in [-0.2, -0.15) is 0 Å². The Morgan fingerprint density at radius 1 is 1.29 bits per heavy atom. The smallest absolute Gasteiger partial charge is 0.222 e. The lowest BCUT2D eigenvalue weighted by atomic mass is 9.96. The SMILES string of the molecule is CCC(CCN)CCC(=O)N(C)Cc1ccc(SC)cc1. The molecule has 1 rings (SSSR count). The van der Waals surface area contributed by atoms with Crippen molar-refractivity contribution in [2.24, 2.45) is 11.7 Å². The summed E-state index contributed by atoms with van der Waals surface area (Å²) in [5.74, 6) is 0.799. The number of carbonyl (C=O) groups excluding carboxylic acids is 1. The molecule has 21 heavy (non-hydrogen) atoms. The fourth-order valence-electron chi connectivity index (χ4n) is 2.40. The molecular formula is C17H28N2OS. The monoisotopic (exact) mass is 308 g/mol. The molecule has 1 aromatic carbocycles. The number of nitrogens with two attached hydrogens (primary N) is 1. The number of rotatable bonds is 9. The summed E-state index contributed by atoms with van der Waals surface area (Å²) < 4.78 is 0. The van der Waals surface area contributed by atoms with Crippen molar-refractivity contribution in [2.75, 3.05) is 19.8 Å².